The van der Waals surface area contributed by atoms with E-state index in [1.54, 1.807) is 0 Å². The molecule has 0 unspecified atom stereocenters. The van der Waals surface area contributed by atoms with Crippen molar-refractivity contribution in [1.29, 1.82) is 0 Å². The number of imidazole rings is 1. The van der Waals surface area contributed by atoms with Gasteiger partial charge in [0, 0.05) is 55.7 Å². The standard InChI is InChI=1S/C48H34N4O/c1-48(2,3)39-25-26-49-47-42(39)37-19-12-18-36-35-24-22-32(28-41(35)52(47)45(36)37)53-31-21-23-33-34-17-10-11-20-40(34)51-44(30-15-8-5-9-16-30)43(29-13-6-4-7-14-29)50-46(51)38(33)27-31/h4-28H,1-3H3. The van der Waals surface area contributed by atoms with Crippen molar-refractivity contribution < 1.29 is 4.74 Å². The van der Waals surface area contributed by atoms with Gasteiger partial charge in [0.1, 0.15) is 22.8 Å². The van der Waals surface area contributed by atoms with E-state index >= 15 is 0 Å². The SMILES string of the molecule is CC(C)(C)c1ccnc2c1c1cccc3c4ccc(Oc5ccc6c7ccccc7n7c(-c8ccccc8)c(-c8ccccc8)nc7c6c5)cc4n2c31. The number of pyridine rings is 2. The van der Waals surface area contributed by atoms with E-state index in [0.717, 1.165) is 72.5 Å². The first-order valence-corrected chi connectivity index (χ1v) is 18.2. The second kappa shape index (κ2) is 10.9. The number of ether oxygens (including phenoxy) is 1. The Kier molecular flexibility index (Phi) is 6.16. The lowest BCUT2D eigenvalue weighted by molar-refractivity contribution is 0.484. The minimum absolute atomic E-state index is 0.0192. The van der Waals surface area contributed by atoms with Crippen LogP contribution in [0.15, 0.2) is 152 Å². The Morgan fingerprint density at radius 2 is 1.17 bits per heavy atom. The van der Waals surface area contributed by atoms with Crippen molar-refractivity contribution in [2.24, 2.45) is 0 Å². The van der Waals surface area contributed by atoms with Crippen LogP contribution in [-0.2, 0) is 5.41 Å². The van der Waals surface area contributed by atoms with Crippen molar-refractivity contribution in [2.75, 3.05) is 0 Å². The molecule has 0 saturated carbocycles. The van der Waals surface area contributed by atoms with E-state index in [1.807, 2.05) is 6.20 Å². The topological polar surface area (TPSA) is 43.8 Å². The Balaban J connectivity index is 1.13. The molecule has 0 amide bonds. The van der Waals surface area contributed by atoms with Gasteiger partial charge in [-0.05, 0) is 58.8 Å². The molecule has 11 aromatic rings. The molecule has 5 nitrogen and oxygen atoms in total. The fraction of sp³-hybridized carbons (Fsp3) is 0.0833. The Labute approximate surface area is 305 Å². The van der Waals surface area contributed by atoms with Crippen LogP contribution in [-0.4, -0.2) is 18.8 Å². The molecule has 0 bridgehead atoms. The van der Waals surface area contributed by atoms with Gasteiger partial charge in [-0.3, -0.25) is 8.80 Å². The number of aromatic nitrogens is 4. The lowest BCUT2D eigenvalue weighted by atomic mass is 9.85. The normalized spacial score (nSPS) is 12.4. The van der Waals surface area contributed by atoms with Crippen LogP contribution in [0.4, 0.5) is 0 Å². The monoisotopic (exact) mass is 682 g/mol. The second-order valence-electron chi connectivity index (χ2n) is 15.0. The minimum Gasteiger partial charge on any atom is -0.457 e. The molecule has 0 spiro atoms. The molecule has 252 valence electrons. The molecule has 11 rings (SSSR count). The Hall–Kier alpha value is -6.72. The molecule has 5 heterocycles. The molecule has 6 aromatic carbocycles. The van der Waals surface area contributed by atoms with Crippen LogP contribution in [0.2, 0.25) is 0 Å². The van der Waals surface area contributed by atoms with Crippen LogP contribution in [0.5, 0.6) is 11.5 Å². The lowest BCUT2D eigenvalue weighted by Gasteiger charge is -2.20. The van der Waals surface area contributed by atoms with Crippen LogP contribution < -0.4 is 4.74 Å². The van der Waals surface area contributed by atoms with E-state index in [9.17, 15) is 0 Å². The summed E-state index contributed by atoms with van der Waals surface area (Å²) in [5, 5.41) is 8.21. The molecule has 5 heteroatoms. The molecule has 0 N–H and O–H groups in total. The van der Waals surface area contributed by atoms with Gasteiger partial charge in [0.25, 0.3) is 0 Å². The number of hydrogen-bond acceptors (Lipinski definition) is 3. The molecular formula is C48H34N4O. The van der Waals surface area contributed by atoms with Crippen molar-refractivity contribution in [3.8, 4) is 34.0 Å². The van der Waals surface area contributed by atoms with Crippen LogP contribution in [0.1, 0.15) is 26.3 Å². The van der Waals surface area contributed by atoms with Gasteiger partial charge in [0.15, 0.2) is 0 Å². The zero-order chi connectivity index (χ0) is 35.4. The lowest BCUT2D eigenvalue weighted by Crippen LogP contribution is -2.11. The summed E-state index contributed by atoms with van der Waals surface area (Å²) < 4.78 is 11.4. The molecule has 0 radical (unpaired) electrons. The first-order chi connectivity index (χ1) is 25.9. The third kappa shape index (κ3) is 4.31. The van der Waals surface area contributed by atoms with Gasteiger partial charge in [0.05, 0.1) is 27.9 Å². The zero-order valence-electron chi connectivity index (χ0n) is 29.6. The summed E-state index contributed by atoms with van der Waals surface area (Å²) in [5.41, 5.74) is 10.8. The van der Waals surface area contributed by atoms with Gasteiger partial charge in [-0.2, -0.15) is 0 Å². The highest BCUT2D eigenvalue weighted by Gasteiger charge is 2.25. The number of hydrogen-bond donors (Lipinski definition) is 0. The quantitative estimate of drug-likeness (QED) is 0.174. The number of benzene rings is 6. The highest BCUT2D eigenvalue weighted by Crippen LogP contribution is 2.44. The van der Waals surface area contributed by atoms with E-state index in [-0.39, 0.29) is 5.41 Å². The van der Waals surface area contributed by atoms with E-state index in [2.05, 4.69) is 175 Å². The first kappa shape index (κ1) is 30.0. The fourth-order valence-electron chi connectivity index (χ4n) is 8.58. The van der Waals surface area contributed by atoms with Gasteiger partial charge >= 0.3 is 0 Å². The Morgan fingerprint density at radius 3 is 1.96 bits per heavy atom. The van der Waals surface area contributed by atoms with E-state index < -0.39 is 0 Å². The van der Waals surface area contributed by atoms with Gasteiger partial charge in [-0.25, -0.2) is 9.97 Å². The maximum Gasteiger partial charge on any atom is 0.146 e. The summed E-state index contributed by atoms with van der Waals surface area (Å²) in [5.74, 6) is 1.53. The van der Waals surface area contributed by atoms with Crippen LogP contribution in [0.25, 0.3) is 88.1 Å². The molecular weight excluding hydrogens is 649 g/mol. The van der Waals surface area contributed by atoms with Gasteiger partial charge < -0.3 is 4.74 Å². The summed E-state index contributed by atoms with van der Waals surface area (Å²) in [7, 11) is 0. The highest BCUT2D eigenvalue weighted by atomic mass is 16.5. The van der Waals surface area contributed by atoms with Crippen LogP contribution >= 0.6 is 0 Å². The van der Waals surface area contributed by atoms with E-state index in [1.165, 1.54) is 32.6 Å². The van der Waals surface area contributed by atoms with Crippen molar-refractivity contribution >= 4 is 65.5 Å². The van der Waals surface area contributed by atoms with E-state index in [4.69, 9.17) is 14.7 Å². The van der Waals surface area contributed by atoms with Gasteiger partial charge in [0.2, 0.25) is 0 Å². The number of rotatable bonds is 4. The van der Waals surface area contributed by atoms with Crippen molar-refractivity contribution in [3.05, 3.63) is 157 Å². The predicted octanol–water partition coefficient (Wildman–Crippen LogP) is 12.6. The predicted molar refractivity (Wildman–Crippen MR) is 219 cm³/mol. The van der Waals surface area contributed by atoms with Crippen molar-refractivity contribution in [1.82, 2.24) is 18.8 Å². The zero-order valence-corrected chi connectivity index (χ0v) is 29.6. The summed E-state index contributed by atoms with van der Waals surface area (Å²) in [6.45, 7) is 6.82. The minimum atomic E-state index is -0.0192. The summed E-state index contributed by atoms with van der Waals surface area (Å²) in [6.07, 6.45) is 1.95. The molecule has 0 fully saturated rings. The molecule has 53 heavy (non-hydrogen) atoms. The number of para-hydroxylation sites is 2. The smallest absolute Gasteiger partial charge is 0.146 e. The fourth-order valence-corrected chi connectivity index (χ4v) is 8.58. The Morgan fingerprint density at radius 1 is 0.509 bits per heavy atom. The molecule has 5 aromatic heterocycles. The summed E-state index contributed by atoms with van der Waals surface area (Å²) in [6, 6.07) is 51.3. The van der Waals surface area contributed by atoms with Gasteiger partial charge in [-0.1, -0.05) is 118 Å². The number of fused-ring (bicyclic) bond motifs is 12. The largest absolute Gasteiger partial charge is 0.457 e. The first-order valence-electron chi connectivity index (χ1n) is 18.2. The highest BCUT2D eigenvalue weighted by molar-refractivity contribution is 6.23. The Bertz CT molecular complexity index is 3220. The average molecular weight is 683 g/mol. The third-order valence-corrected chi connectivity index (χ3v) is 10.9. The van der Waals surface area contributed by atoms with Crippen LogP contribution in [0, 0.1) is 0 Å². The molecule has 0 aliphatic carbocycles. The third-order valence-electron chi connectivity index (χ3n) is 10.9. The van der Waals surface area contributed by atoms with Crippen LogP contribution in [0.3, 0.4) is 0 Å². The maximum absolute atomic E-state index is 6.77. The van der Waals surface area contributed by atoms with Crippen molar-refractivity contribution in [3.63, 3.8) is 0 Å². The molecule has 0 atom stereocenters. The molecule has 0 aliphatic rings. The number of nitrogens with zero attached hydrogens (tertiary/aromatic N) is 4. The molecule has 0 aliphatic heterocycles. The van der Waals surface area contributed by atoms with Crippen molar-refractivity contribution in [2.45, 2.75) is 26.2 Å². The average Bonchev–Trinajstić information content (AvgIpc) is 3.86. The summed E-state index contributed by atoms with van der Waals surface area (Å²) in [4.78, 5) is 10.4. The summed E-state index contributed by atoms with van der Waals surface area (Å²) >= 11 is 0. The maximum atomic E-state index is 6.77. The van der Waals surface area contributed by atoms with E-state index in [0.29, 0.717) is 0 Å². The second-order valence-corrected chi connectivity index (χ2v) is 15.0. The molecule has 0 saturated heterocycles. The van der Waals surface area contributed by atoms with Gasteiger partial charge in [-0.15, -0.1) is 0 Å².